The monoisotopic (exact) mass is 702 g/mol. The molecule has 19 heteroatoms. The van der Waals surface area contributed by atoms with Gasteiger partial charge < -0.3 is 24.8 Å². The second kappa shape index (κ2) is 14.5. The molecule has 2 amide bonds. The lowest BCUT2D eigenvalue weighted by Gasteiger charge is -2.18. The van der Waals surface area contributed by atoms with Crippen LogP contribution in [0.5, 0.6) is 11.5 Å². The number of amides is 2. The maximum absolute atomic E-state index is 13.9. The fourth-order valence-electron chi connectivity index (χ4n) is 4.39. The number of esters is 1. The molecule has 1 heterocycles. The molecule has 0 radical (unpaired) electrons. The van der Waals surface area contributed by atoms with Crippen LogP contribution in [0, 0.1) is 64.1 Å². The van der Waals surface area contributed by atoms with E-state index in [9.17, 15) is 58.3 Å². The zero-order valence-corrected chi connectivity index (χ0v) is 24.5. The molecule has 0 bridgehead atoms. The van der Waals surface area contributed by atoms with Crippen molar-refractivity contribution >= 4 is 34.1 Å². The van der Waals surface area contributed by atoms with Gasteiger partial charge in [-0.25, -0.2) is 31.1 Å². The molecule has 4 rings (SSSR count). The fourth-order valence-corrected chi connectivity index (χ4v) is 5.82. The highest BCUT2D eigenvalue weighted by Crippen LogP contribution is 2.40. The SMILES string of the molecule is CC1CCc2c(sc(NC(=O)COc3c(F)c(F)c(F)c(F)c3F)c2C(=O)NCCOC(=O)COc2c(F)c(F)c(F)c(F)c2F)C1. The number of thiophene rings is 1. The van der Waals surface area contributed by atoms with Gasteiger partial charge in [0.1, 0.15) is 11.6 Å². The Kier molecular flexibility index (Phi) is 10.9. The topological polar surface area (TPSA) is 103 Å². The summed E-state index contributed by atoms with van der Waals surface area (Å²) in [6.07, 6.45) is 1.61. The van der Waals surface area contributed by atoms with Crippen LogP contribution in [0.3, 0.4) is 0 Å². The summed E-state index contributed by atoms with van der Waals surface area (Å²) >= 11 is 1.00. The lowest BCUT2D eigenvalue weighted by molar-refractivity contribution is -0.145. The molecule has 0 saturated heterocycles. The van der Waals surface area contributed by atoms with E-state index in [1.807, 2.05) is 6.92 Å². The largest absolute Gasteiger partial charge is 0.477 e. The molecule has 1 aliphatic rings. The van der Waals surface area contributed by atoms with Gasteiger partial charge in [-0.05, 0) is 30.7 Å². The molecule has 1 aliphatic carbocycles. The van der Waals surface area contributed by atoms with Crippen LogP contribution in [0.25, 0.3) is 0 Å². The molecule has 8 nitrogen and oxygen atoms in total. The second-order valence-electron chi connectivity index (χ2n) is 9.96. The Morgan fingerprint density at radius 3 is 1.77 bits per heavy atom. The molecule has 0 spiro atoms. The summed E-state index contributed by atoms with van der Waals surface area (Å²) in [6.45, 7) is -1.44. The van der Waals surface area contributed by atoms with Gasteiger partial charge in [-0.1, -0.05) is 6.92 Å². The van der Waals surface area contributed by atoms with Crippen molar-refractivity contribution in [2.75, 3.05) is 31.7 Å². The van der Waals surface area contributed by atoms with Crippen LogP contribution >= 0.6 is 11.3 Å². The van der Waals surface area contributed by atoms with E-state index in [1.165, 1.54) is 0 Å². The number of benzene rings is 2. The zero-order valence-electron chi connectivity index (χ0n) is 23.7. The lowest BCUT2D eigenvalue weighted by Crippen LogP contribution is -2.31. The van der Waals surface area contributed by atoms with E-state index in [0.717, 1.165) is 16.2 Å². The van der Waals surface area contributed by atoms with E-state index >= 15 is 0 Å². The van der Waals surface area contributed by atoms with E-state index in [1.54, 1.807) is 0 Å². The Bertz CT molecular complexity index is 1690. The smallest absolute Gasteiger partial charge is 0.344 e. The third-order valence-electron chi connectivity index (χ3n) is 6.66. The first-order valence-corrected chi connectivity index (χ1v) is 14.1. The Balaban J connectivity index is 1.37. The number of fused-ring (bicyclic) bond motifs is 1. The van der Waals surface area contributed by atoms with Gasteiger partial charge in [0.05, 0.1) is 12.1 Å². The summed E-state index contributed by atoms with van der Waals surface area (Å²) in [7, 11) is 0. The zero-order chi connectivity index (χ0) is 34.7. The average molecular weight is 703 g/mol. The number of halogens is 10. The fraction of sp³-hybridized carbons (Fsp3) is 0.321. The quantitative estimate of drug-likeness (QED) is 0.0883. The van der Waals surface area contributed by atoms with Crippen LogP contribution in [-0.4, -0.2) is 44.1 Å². The molecular formula is C28H20F10N2O6S. The molecule has 0 aliphatic heterocycles. The third kappa shape index (κ3) is 7.39. The molecule has 2 N–H and O–H groups in total. The first kappa shape index (κ1) is 35.3. The van der Waals surface area contributed by atoms with E-state index in [2.05, 4.69) is 20.1 Å². The summed E-state index contributed by atoms with van der Waals surface area (Å²) in [5, 5.41) is 4.70. The minimum atomic E-state index is -2.42. The number of anilines is 1. The molecule has 1 atom stereocenters. The molecule has 1 unspecified atom stereocenters. The highest BCUT2D eigenvalue weighted by molar-refractivity contribution is 7.17. The summed E-state index contributed by atoms with van der Waals surface area (Å²) in [5.41, 5.74) is 0.553. The van der Waals surface area contributed by atoms with Gasteiger partial charge in [-0.3, -0.25) is 9.59 Å². The van der Waals surface area contributed by atoms with Crippen molar-refractivity contribution in [2.24, 2.45) is 5.92 Å². The second-order valence-corrected chi connectivity index (χ2v) is 11.1. The van der Waals surface area contributed by atoms with Gasteiger partial charge in [0.15, 0.2) is 24.7 Å². The van der Waals surface area contributed by atoms with Crippen LogP contribution in [0.15, 0.2) is 0 Å². The highest BCUT2D eigenvalue weighted by Gasteiger charge is 2.31. The van der Waals surface area contributed by atoms with E-state index in [-0.39, 0.29) is 23.0 Å². The third-order valence-corrected chi connectivity index (χ3v) is 7.83. The van der Waals surface area contributed by atoms with E-state index in [4.69, 9.17) is 4.74 Å². The molecule has 0 fully saturated rings. The number of rotatable bonds is 11. The average Bonchev–Trinajstić information content (AvgIpc) is 3.39. The predicted octanol–water partition coefficient (Wildman–Crippen LogP) is 5.63. The molecule has 1 aromatic heterocycles. The van der Waals surface area contributed by atoms with Crippen molar-refractivity contribution in [3.63, 3.8) is 0 Å². The van der Waals surface area contributed by atoms with Gasteiger partial charge in [-0.2, -0.15) is 17.6 Å². The van der Waals surface area contributed by atoms with Crippen LogP contribution in [-0.2, 0) is 27.2 Å². The highest BCUT2D eigenvalue weighted by atomic mass is 32.1. The van der Waals surface area contributed by atoms with Gasteiger partial charge in [0.25, 0.3) is 11.8 Å². The Morgan fingerprint density at radius 1 is 0.745 bits per heavy atom. The number of hydrogen-bond donors (Lipinski definition) is 2. The number of ether oxygens (including phenoxy) is 3. The van der Waals surface area contributed by atoms with E-state index in [0.29, 0.717) is 24.8 Å². The van der Waals surface area contributed by atoms with Crippen molar-refractivity contribution in [1.29, 1.82) is 0 Å². The van der Waals surface area contributed by atoms with Gasteiger partial charge in [0.2, 0.25) is 58.2 Å². The number of carbonyl (C=O) groups excluding carboxylic acids is 3. The van der Waals surface area contributed by atoms with Gasteiger partial charge in [0, 0.05) is 4.88 Å². The lowest BCUT2D eigenvalue weighted by atomic mass is 9.88. The van der Waals surface area contributed by atoms with Crippen LogP contribution in [0.2, 0.25) is 0 Å². The minimum Gasteiger partial charge on any atom is -0.477 e. The molecule has 47 heavy (non-hydrogen) atoms. The van der Waals surface area contributed by atoms with Gasteiger partial charge >= 0.3 is 5.97 Å². The molecule has 254 valence electrons. The number of carbonyl (C=O) groups is 3. The number of nitrogens with one attached hydrogen (secondary N) is 2. The van der Waals surface area contributed by atoms with Crippen molar-refractivity contribution in [3.05, 3.63) is 74.2 Å². The van der Waals surface area contributed by atoms with Crippen LogP contribution in [0.1, 0.15) is 34.1 Å². The maximum Gasteiger partial charge on any atom is 0.344 e. The van der Waals surface area contributed by atoms with Crippen LogP contribution < -0.4 is 20.1 Å². The summed E-state index contributed by atoms with van der Waals surface area (Å²) in [5.74, 6) is -29.5. The van der Waals surface area contributed by atoms with E-state index < -0.39 is 107 Å². The maximum atomic E-state index is 13.9. The Morgan fingerprint density at radius 2 is 1.23 bits per heavy atom. The molecule has 2 aromatic carbocycles. The molecule has 3 aromatic rings. The summed E-state index contributed by atoms with van der Waals surface area (Å²) < 4.78 is 149. The normalized spacial score (nSPS) is 14.0. The van der Waals surface area contributed by atoms with Crippen molar-refractivity contribution in [2.45, 2.75) is 26.2 Å². The standard InChI is InChI=1S/C28H20F10N2O6S/c1-9-2-3-10-11(6-9)47-28(40-12(41)7-45-25-21(35)17(31)15(29)18(32)22(25)36)14(10)27(43)39-4-5-44-13(42)8-46-26-23(37)19(33)16(30)20(34)24(26)38/h9H,2-8H2,1H3,(H,39,43)(H,40,41). The predicted molar refractivity (Wildman–Crippen MR) is 141 cm³/mol. The molecule has 0 saturated carbocycles. The number of hydrogen-bond acceptors (Lipinski definition) is 7. The first-order valence-electron chi connectivity index (χ1n) is 13.3. The first-order chi connectivity index (χ1) is 22.1. The molecular weight excluding hydrogens is 682 g/mol. The van der Waals surface area contributed by atoms with Crippen molar-refractivity contribution in [1.82, 2.24) is 5.32 Å². The van der Waals surface area contributed by atoms with Crippen molar-refractivity contribution < 1.29 is 72.5 Å². The van der Waals surface area contributed by atoms with Crippen LogP contribution in [0.4, 0.5) is 48.9 Å². The van der Waals surface area contributed by atoms with Crippen molar-refractivity contribution in [3.8, 4) is 11.5 Å². The van der Waals surface area contributed by atoms with Gasteiger partial charge in [-0.15, -0.1) is 11.3 Å². The minimum absolute atomic E-state index is 0.0116. The Labute approximate surface area is 261 Å². The Hall–Kier alpha value is -4.55. The summed E-state index contributed by atoms with van der Waals surface area (Å²) in [6, 6.07) is 0. The summed E-state index contributed by atoms with van der Waals surface area (Å²) in [4.78, 5) is 38.3.